The van der Waals surface area contributed by atoms with Gasteiger partial charge in [-0.25, -0.2) is 17.7 Å². The lowest BCUT2D eigenvalue weighted by Crippen LogP contribution is -2.39. The number of benzene rings is 2. The molecule has 0 aliphatic heterocycles. The van der Waals surface area contributed by atoms with E-state index in [9.17, 15) is 18.0 Å². The number of carbonyl (C=O) groups excluding carboxylic acids is 1. The molecule has 0 fully saturated rings. The second kappa shape index (κ2) is 8.91. The summed E-state index contributed by atoms with van der Waals surface area (Å²) in [6.07, 6.45) is 0.899. The monoisotopic (exact) mass is 468 g/mol. The fraction of sp³-hybridized carbons (Fsp3) is 0.174. The van der Waals surface area contributed by atoms with Crippen molar-refractivity contribution in [2.45, 2.75) is 12.8 Å². The highest BCUT2D eigenvalue weighted by Gasteiger charge is 2.33. The van der Waals surface area contributed by atoms with Crippen molar-refractivity contribution in [3.8, 4) is 5.75 Å². The molecule has 0 aliphatic carbocycles. The predicted octanol–water partition coefficient (Wildman–Crippen LogP) is 3.83. The fourth-order valence-electron chi connectivity index (χ4n) is 3.57. The topological polar surface area (TPSA) is 127 Å². The Balaban J connectivity index is 1.89. The van der Waals surface area contributed by atoms with Crippen LogP contribution in [0.4, 0.5) is 5.69 Å². The number of furan rings is 1. The quantitative estimate of drug-likeness (QED) is 0.413. The molecule has 0 spiro atoms. The molecule has 170 valence electrons. The van der Waals surface area contributed by atoms with Crippen LogP contribution in [0.1, 0.15) is 23.2 Å². The van der Waals surface area contributed by atoms with Gasteiger partial charge in [0.25, 0.3) is 5.91 Å². The lowest BCUT2D eigenvalue weighted by atomic mass is 10.0. The van der Waals surface area contributed by atoms with Crippen molar-refractivity contribution in [3.05, 3.63) is 66.4 Å². The Morgan fingerprint density at radius 2 is 1.79 bits per heavy atom. The number of carboxylic acids is 1. The summed E-state index contributed by atoms with van der Waals surface area (Å²) >= 11 is 0. The Morgan fingerprint density at radius 3 is 2.48 bits per heavy atom. The zero-order valence-electron chi connectivity index (χ0n) is 17.6. The van der Waals surface area contributed by atoms with E-state index in [1.165, 1.54) is 25.5 Å². The number of aromatic nitrogens is 1. The van der Waals surface area contributed by atoms with Crippen LogP contribution >= 0.6 is 0 Å². The molecule has 0 unspecified atom stereocenters. The molecule has 4 aromatic rings. The van der Waals surface area contributed by atoms with Crippen molar-refractivity contribution in [1.29, 1.82) is 0 Å². The van der Waals surface area contributed by atoms with E-state index in [1.54, 1.807) is 42.5 Å². The van der Waals surface area contributed by atoms with Gasteiger partial charge in [-0.2, -0.15) is 0 Å². The first-order valence-electron chi connectivity index (χ1n) is 10.0. The zero-order chi connectivity index (χ0) is 23.6. The first kappa shape index (κ1) is 22.3. The van der Waals surface area contributed by atoms with Gasteiger partial charge in [-0.05, 0) is 42.8 Å². The number of sulfonamides is 1. The van der Waals surface area contributed by atoms with Crippen LogP contribution in [0.5, 0.6) is 5.75 Å². The van der Waals surface area contributed by atoms with Crippen molar-refractivity contribution >= 4 is 49.6 Å². The van der Waals surface area contributed by atoms with Gasteiger partial charge in [-0.1, -0.05) is 18.2 Å². The average molecular weight is 468 g/mol. The molecule has 4 rings (SSSR count). The van der Waals surface area contributed by atoms with Gasteiger partial charge >= 0.3 is 5.97 Å². The van der Waals surface area contributed by atoms with Crippen LogP contribution in [0, 0.1) is 0 Å². The number of amides is 1. The number of para-hydroxylation sites is 1. The van der Waals surface area contributed by atoms with E-state index in [0.29, 0.717) is 26.3 Å². The summed E-state index contributed by atoms with van der Waals surface area (Å²) in [4.78, 5) is 29.2. The van der Waals surface area contributed by atoms with Gasteiger partial charge in [0.05, 0.1) is 41.3 Å². The standard InChI is InChI=1S/C23H20N2O7S/c1-31-16-10-8-15(9-11-16)25(33(29,30)14-4-7-20(26)27)23(28)21-17-5-2-3-6-19(17)24-22-18(21)12-13-32-22/h2-3,5-6,8-13H,4,7,14H2,1H3,(H,26,27). The summed E-state index contributed by atoms with van der Waals surface area (Å²) < 4.78 is 37.9. The van der Waals surface area contributed by atoms with Crippen LogP contribution in [0.3, 0.4) is 0 Å². The molecule has 9 nitrogen and oxygen atoms in total. The van der Waals surface area contributed by atoms with Crippen LogP contribution in [0.2, 0.25) is 0 Å². The molecule has 0 saturated carbocycles. The van der Waals surface area contributed by atoms with Crippen molar-refractivity contribution in [1.82, 2.24) is 4.98 Å². The second-order valence-corrected chi connectivity index (χ2v) is 9.16. The van der Waals surface area contributed by atoms with Crippen molar-refractivity contribution in [2.75, 3.05) is 17.2 Å². The molecule has 10 heteroatoms. The maximum absolute atomic E-state index is 13.9. The smallest absolute Gasteiger partial charge is 0.303 e. The number of pyridine rings is 1. The van der Waals surface area contributed by atoms with Crippen molar-refractivity contribution in [3.63, 3.8) is 0 Å². The first-order valence-corrected chi connectivity index (χ1v) is 11.6. The summed E-state index contributed by atoms with van der Waals surface area (Å²) in [5, 5.41) is 9.76. The molecule has 2 aromatic carbocycles. The largest absolute Gasteiger partial charge is 0.497 e. The predicted molar refractivity (Wildman–Crippen MR) is 122 cm³/mol. The minimum absolute atomic E-state index is 0.105. The van der Waals surface area contributed by atoms with Gasteiger partial charge in [-0.3, -0.25) is 9.59 Å². The van der Waals surface area contributed by atoms with E-state index < -0.39 is 27.7 Å². The molecule has 1 N–H and O–H groups in total. The molecular weight excluding hydrogens is 448 g/mol. The number of carbonyl (C=O) groups is 2. The Kier molecular flexibility index (Phi) is 6.01. The van der Waals surface area contributed by atoms with Gasteiger partial charge in [0.1, 0.15) is 5.75 Å². The van der Waals surface area contributed by atoms with Crippen molar-refractivity contribution in [2.24, 2.45) is 0 Å². The first-order chi connectivity index (χ1) is 15.8. The Morgan fingerprint density at radius 1 is 1.06 bits per heavy atom. The SMILES string of the molecule is COc1ccc(N(C(=O)c2c3ccccc3nc3occc23)S(=O)(=O)CCCC(=O)O)cc1. The van der Waals surface area contributed by atoms with Crippen LogP contribution in [0.25, 0.3) is 22.0 Å². The number of hydrogen-bond acceptors (Lipinski definition) is 7. The average Bonchev–Trinajstić information content (AvgIpc) is 3.25. The van der Waals surface area contributed by atoms with Gasteiger partial charge in [0.2, 0.25) is 15.7 Å². The Hall–Kier alpha value is -3.92. The van der Waals surface area contributed by atoms with Crippen LogP contribution < -0.4 is 9.04 Å². The maximum Gasteiger partial charge on any atom is 0.303 e. The molecule has 0 aliphatic rings. The van der Waals surface area contributed by atoms with E-state index in [1.807, 2.05) is 0 Å². The summed E-state index contributed by atoms with van der Waals surface area (Å²) in [6, 6.07) is 14.4. The normalized spacial score (nSPS) is 11.5. The molecular formula is C23H20N2O7S. The minimum Gasteiger partial charge on any atom is -0.497 e. The number of nitrogens with zero attached hydrogens (tertiary/aromatic N) is 2. The highest BCUT2D eigenvalue weighted by molar-refractivity contribution is 7.93. The van der Waals surface area contributed by atoms with Gasteiger partial charge < -0.3 is 14.3 Å². The highest BCUT2D eigenvalue weighted by atomic mass is 32.2. The zero-order valence-corrected chi connectivity index (χ0v) is 18.4. The van der Waals surface area contributed by atoms with E-state index in [0.717, 1.165) is 0 Å². The van der Waals surface area contributed by atoms with E-state index >= 15 is 0 Å². The lowest BCUT2D eigenvalue weighted by Gasteiger charge is -2.23. The molecule has 1 amide bonds. The molecule has 0 bridgehead atoms. The van der Waals surface area contributed by atoms with Gasteiger partial charge in [-0.15, -0.1) is 0 Å². The number of ether oxygens (including phenoxy) is 1. The summed E-state index contributed by atoms with van der Waals surface area (Å²) in [5.74, 6) is -1.94. The molecule has 2 aromatic heterocycles. The van der Waals surface area contributed by atoms with E-state index in [-0.39, 0.29) is 29.8 Å². The number of rotatable bonds is 8. The fourth-order valence-corrected chi connectivity index (χ4v) is 5.04. The maximum atomic E-state index is 13.9. The third kappa shape index (κ3) is 4.37. The highest BCUT2D eigenvalue weighted by Crippen LogP contribution is 2.31. The van der Waals surface area contributed by atoms with Crippen molar-refractivity contribution < 1.29 is 32.3 Å². The summed E-state index contributed by atoms with van der Waals surface area (Å²) in [5.41, 5.74) is 0.909. The van der Waals surface area contributed by atoms with E-state index in [2.05, 4.69) is 4.98 Å². The number of methoxy groups -OCH3 is 1. The lowest BCUT2D eigenvalue weighted by molar-refractivity contribution is -0.137. The number of carboxylic acid groups (broad SMARTS) is 1. The van der Waals surface area contributed by atoms with Crippen LogP contribution in [-0.2, 0) is 14.8 Å². The molecule has 0 atom stereocenters. The number of aliphatic carboxylic acids is 1. The summed E-state index contributed by atoms with van der Waals surface area (Å²) in [7, 11) is -2.76. The minimum atomic E-state index is -4.23. The van der Waals surface area contributed by atoms with Gasteiger partial charge in [0, 0.05) is 11.8 Å². The van der Waals surface area contributed by atoms with E-state index in [4.69, 9.17) is 14.3 Å². The number of hydrogen-bond donors (Lipinski definition) is 1. The molecule has 33 heavy (non-hydrogen) atoms. The van der Waals surface area contributed by atoms with Crippen LogP contribution in [-0.4, -0.2) is 43.2 Å². The third-order valence-electron chi connectivity index (χ3n) is 5.09. The molecule has 0 radical (unpaired) electrons. The van der Waals surface area contributed by atoms with Crippen LogP contribution in [0.15, 0.2) is 65.3 Å². The number of anilines is 1. The molecule has 2 heterocycles. The summed E-state index contributed by atoms with van der Waals surface area (Å²) in [6.45, 7) is 0. The number of fused-ring (bicyclic) bond motifs is 2. The molecule has 0 saturated heterocycles. The Labute approximate surface area is 189 Å². The third-order valence-corrected chi connectivity index (χ3v) is 6.82. The Bertz CT molecular complexity index is 1440. The van der Waals surface area contributed by atoms with Gasteiger partial charge in [0.15, 0.2) is 0 Å². The second-order valence-electron chi connectivity index (χ2n) is 7.22.